The van der Waals surface area contributed by atoms with Gasteiger partial charge in [0.1, 0.15) is 6.04 Å². The van der Waals surface area contributed by atoms with E-state index >= 15 is 0 Å². The fourth-order valence-corrected chi connectivity index (χ4v) is 4.15. The van der Waals surface area contributed by atoms with Gasteiger partial charge in [0.05, 0.1) is 8.66 Å². The summed E-state index contributed by atoms with van der Waals surface area (Å²) in [7, 11) is 0. The Bertz CT molecular complexity index is 742. The van der Waals surface area contributed by atoms with E-state index in [1.54, 1.807) is 13.0 Å². The van der Waals surface area contributed by atoms with Crippen molar-refractivity contribution >= 4 is 44.8 Å². The van der Waals surface area contributed by atoms with Crippen LogP contribution in [0.2, 0.25) is 0 Å². The first kappa shape index (κ1) is 17.9. The highest BCUT2D eigenvalue weighted by Crippen LogP contribution is 2.22. The van der Waals surface area contributed by atoms with E-state index < -0.39 is 6.04 Å². The summed E-state index contributed by atoms with van der Waals surface area (Å²) >= 11 is 4.70. The number of amides is 2. The standard InChI is InChI=1S/C18H20BrN3O2S/c1-13(20-17(23)15-7-8-16(19)25-15)18(24)22-11-9-21(10-12-22)14-5-3-2-4-6-14/h2-8,13H,9-12H2,1H3,(H,20,23)/t13-/m0/s1. The van der Waals surface area contributed by atoms with Gasteiger partial charge in [0.2, 0.25) is 5.91 Å². The van der Waals surface area contributed by atoms with Crippen LogP contribution in [0.15, 0.2) is 46.3 Å². The molecule has 132 valence electrons. The molecule has 1 aromatic heterocycles. The van der Waals surface area contributed by atoms with E-state index in [1.807, 2.05) is 29.2 Å². The molecule has 1 saturated heterocycles. The summed E-state index contributed by atoms with van der Waals surface area (Å²) in [5.41, 5.74) is 1.18. The maximum atomic E-state index is 12.6. The van der Waals surface area contributed by atoms with Gasteiger partial charge in [-0.15, -0.1) is 11.3 Å². The molecule has 1 aliphatic rings. The molecule has 0 radical (unpaired) electrons. The number of nitrogens with one attached hydrogen (secondary N) is 1. The number of hydrogen-bond acceptors (Lipinski definition) is 4. The highest BCUT2D eigenvalue weighted by atomic mass is 79.9. The van der Waals surface area contributed by atoms with Gasteiger partial charge in [-0.3, -0.25) is 9.59 Å². The lowest BCUT2D eigenvalue weighted by molar-refractivity contribution is -0.133. The Morgan fingerprint density at radius 1 is 1.08 bits per heavy atom. The average molecular weight is 422 g/mol. The van der Waals surface area contributed by atoms with Gasteiger partial charge in [0, 0.05) is 31.9 Å². The Labute approximate surface area is 159 Å². The molecular weight excluding hydrogens is 402 g/mol. The molecule has 0 aliphatic carbocycles. The first-order chi connectivity index (χ1) is 12.0. The number of nitrogens with zero attached hydrogens (tertiary/aromatic N) is 2. The van der Waals surface area contributed by atoms with Crippen LogP contribution < -0.4 is 10.2 Å². The Morgan fingerprint density at radius 2 is 1.76 bits per heavy atom. The Morgan fingerprint density at radius 3 is 2.36 bits per heavy atom. The van der Waals surface area contributed by atoms with Crippen molar-refractivity contribution in [1.29, 1.82) is 0 Å². The van der Waals surface area contributed by atoms with Crippen LogP contribution in [0.5, 0.6) is 0 Å². The molecule has 2 amide bonds. The van der Waals surface area contributed by atoms with Gasteiger partial charge in [-0.25, -0.2) is 0 Å². The predicted molar refractivity (Wildman–Crippen MR) is 104 cm³/mol. The number of carbonyl (C=O) groups excluding carboxylic acids is 2. The van der Waals surface area contributed by atoms with Crippen LogP contribution in [0.25, 0.3) is 0 Å². The smallest absolute Gasteiger partial charge is 0.262 e. The van der Waals surface area contributed by atoms with Crippen LogP contribution in [0.4, 0.5) is 5.69 Å². The monoisotopic (exact) mass is 421 g/mol. The fourth-order valence-electron chi connectivity index (χ4n) is 2.86. The van der Waals surface area contributed by atoms with Gasteiger partial charge in [0.15, 0.2) is 0 Å². The molecule has 0 unspecified atom stereocenters. The summed E-state index contributed by atoms with van der Waals surface area (Å²) in [6, 6.07) is 13.3. The van der Waals surface area contributed by atoms with Crippen LogP contribution in [0.3, 0.4) is 0 Å². The van der Waals surface area contributed by atoms with Crippen molar-refractivity contribution in [1.82, 2.24) is 10.2 Å². The summed E-state index contributed by atoms with van der Waals surface area (Å²) in [4.78, 5) is 29.5. The van der Waals surface area contributed by atoms with Gasteiger partial charge < -0.3 is 15.1 Å². The quantitative estimate of drug-likeness (QED) is 0.825. The van der Waals surface area contributed by atoms with Crippen molar-refractivity contribution in [3.05, 3.63) is 51.1 Å². The third-order valence-corrected chi connectivity index (χ3v) is 5.85. The molecule has 3 rings (SSSR count). The van der Waals surface area contributed by atoms with E-state index in [4.69, 9.17) is 0 Å². The minimum atomic E-state index is -0.531. The Balaban J connectivity index is 1.52. The summed E-state index contributed by atoms with van der Waals surface area (Å²) in [5.74, 6) is -0.240. The molecule has 1 aromatic carbocycles. The molecule has 1 atom stereocenters. The van der Waals surface area contributed by atoms with Crippen LogP contribution >= 0.6 is 27.3 Å². The highest BCUT2D eigenvalue weighted by Gasteiger charge is 2.26. The first-order valence-corrected chi connectivity index (χ1v) is 9.80. The fraction of sp³-hybridized carbons (Fsp3) is 0.333. The average Bonchev–Trinajstić information content (AvgIpc) is 3.08. The molecule has 0 spiro atoms. The van der Waals surface area contributed by atoms with Crippen molar-refractivity contribution in [3.63, 3.8) is 0 Å². The van der Waals surface area contributed by atoms with Crippen molar-refractivity contribution in [2.75, 3.05) is 31.1 Å². The van der Waals surface area contributed by atoms with Crippen LogP contribution in [0.1, 0.15) is 16.6 Å². The number of anilines is 1. The number of rotatable bonds is 4. The second kappa shape index (κ2) is 8.01. The van der Waals surface area contributed by atoms with Gasteiger partial charge in [-0.1, -0.05) is 18.2 Å². The number of carbonyl (C=O) groups is 2. The van der Waals surface area contributed by atoms with Gasteiger partial charge in [0.25, 0.3) is 5.91 Å². The summed E-state index contributed by atoms with van der Waals surface area (Å²) < 4.78 is 0.897. The molecule has 2 heterocycles. The van der Waals surface area contributed by atoms with Crippen molar-refractivity contribution in [2.24, 2.45) is 0 Å². The minimum Gasteiger partial charge on any atom is -0.368 e. The lowest BCUT2D eigenvalue weighted by Gasteiger charge is -2.37. The predicted octanol–water partition coefficient (Wildman–Crippen LogP) is 2.98. The zero-order chi connectivity index (χ0) is 17.8. The third kappa shape index (κ3) is 4.41. The number of halogens is 1. The highest BCUT2D eigenvalue weighted by molar-refractivity contribution is 9.11. The van der Waals surface area contributed by atoms with Crippen molar-refractivity contribution in [3.8, 4) is 0 Å². The molecule has 1 N–H and O–H groups in total. The number of piperazine rings is 1. The molecule has 0 bridgehead atoms. The number of para-hydroxylation sites is 1. The maximum absolute atomic E-state index is 12.6. The number of hydrogen-bond donors (Lipinski definition) is 1. The Kier molecular flexibility index (Phi) is 5.75. The van der Waals surface area contributed by atoms with E-state index in [-0.39, 0.29) is 11.8 Å². The van der Waals surface area contributed by atoms with Gasteiger partial charge in [-0.05, 0) is 47.1 Å². The van der Waals surface area contributed by atoms with E-state index in [0.29, 0.717) is 18.0 Å². The SMILES string of the molecule is C[C@H](NC(=O)c1ccc(Br)s1)C(=O)N1CCN(c2ccccc2)CC1. The zero-order valence-electron chi connectivity index (χ0n) is 13.9. The lowest BCUT2D eigenvalue weighted by atomic mass is 10.2. The topological polar surface area (TPSA) is 52.7 Å². The van der Waals surface area contributed by atoms with E-state index in [2.05, 4.69) is 38.3 Å². The van der Waals surface area contributed by atoms with Crippen LogP contribution in [-0.2, 0) is 4.79 Å². The van der Waals surface area contributed by atoms with Crippen molar-refractivity contribution in [2.45, 2.75) is 13.0 Å². The second-order valence-electron chi connectivity index (χ2n) is 5.95. The molecule has 1 fully saturated rings. The molecule has 7 heteroatoms. The largest absolute Gasteiger partial charge is 0.368 e. The summed E-state index contributed by atoms with van der Waals surface area (Å²) in [6.45, 7) is 4.67. The first-order valence-electron chi connectivity index (χ1n) is 8.19. The van der Waals surface area contributed by atoms with Gasteiger partial charge in [-0.2, -0.15) is 0 Å². The second-order valence-corrected chi connectivity index (χ2v) is 8.41. The summed E-state index contributed by atoms with van der Waals surface area (Å²) in [6.07, 6.45) is 0. The molecule has 5 nitrogen and oxygen atoms in total. The lowest BCUT2D eigenvalue weighted by Crippen LogP contribution is -2.54. The molecule has 0 saturated carbocycles. The van der Waals surface area contributed by atoms with Crippen molar-refractivity contribution < 1.29 is 9.59 Å². The summed E-state index contributed by atoms with van der Waals surface area (Å²) in [5, 5.41) is 2.80. The van der Waals surface area contributed by atoms with E-state index in [1.165, 1.54) is 17.0 Å². The van der Waals surface area contributed by atoms with E-state index in [0.717, 1.165) is 16.9 Å². The zero-order valence-corrected chi connectivity index (χ0v) is 16.3. The van der Waals surface area contributed by atoms with E-state index in [9.17, 15) is 9.59 Å². The molecular formula is C18H20BrN3O2S. The third-order valence-electron chi connectivity index (χ3n) is 4.23. The Hall–Kier alpha value is -1.86. The number of thiophene rings is 1. The maximum Gasteiger partial charge on any atom is 0.262 e. The molecule has 1 aliphatic heterocycles. The normalized spacial score (nSPS) is 15.8. The van der Waals surface area contributed by atoms with Gasteiger partial charge >= 0.3 is 0 Å². The molecule has 2 aromatic rings. The van der Waals surface area contributed by atoms with Crippen LogP contribution in [-0.4, -0.2) is 48.9 Å². The number of benzene rings is 1. The minimum absolute atomic E-state index is 0.0308. The molecule has 25 heavy (non-hydrogen) atoms. The van der Waals surface area contributed by atoms with Crippen LogP contribution in [0, 0.1) is 0 Å².